The Bertz CT molecular complexity index is 396. The Morgan fingerprint density at radius 1 is 1.35 bits per heavy atom. The number of carbonyl (C=O) groups is 3. The van der Waals surface area contributed by atoms with E-state index in [9.17, 15) is 24.6 Å². The van der Waals surface area contributed by atoms with E-state index in [2.05, 4.69) is 5.32 Å². The molecule has 0 radical (unpaired) electrons. The fourth-order valence-corrected chi connectivity index (χ4v) is 2.36. The Balaban J connectivity index is 2.93. The zero-order chi connectivity index (χ0) is 15.4. The Labute approximate surface area is 117 Å². The third kappa shape index (κ3) is 4.01. The van der Waals surface area contributed by atoms with E-state index in [1.165, 1.54) is 6.92 Å². The van der Waals surface area contributed by atoms with E-state index in [-0.39, 0.29) is 25.3 Å². The van der Waals surface area contributed by atoms with Crippen molar-refractivity contribution >= 4 is 17.8 Å². The number of carboxylic acid groups (broad SMARTS) is 1. The van der Waals surface area contributed by atoms with Crippen LogP contribution in [0.3, 0.4) is 0 Å². The molecule has 0 aromatic rings. The average Bonchev–Trinajstić information content (AvgIpc) is 2.73. The molecule has 0 aromatic carbocycles. The van der Waals surface area contributed by atoms with Crippen molar-refractivity contribution in [2.75, 3.05) is 6.54 Å². The first-order chi connectivity index (χ1) is 9.23. The largest absolute Gasteiger partial charge is 0.480 e. The predicted octanol–water partition coefficient (Wildman–Crippen LogP) is -0.416. The lowest BCUT2D eigenvalue weighted by atomic mass is 10.0. The number of amides is 2. The summed E-state index contributed by atoms with van der Waals surface area (Å²) in [5.41, 5.74) is 0. The fourth-order valence-electron chi connectivity index (χ4n) is 2.36. The summed E-state index contributed by atoms with van der Waals surface area (Å²) in [6.07, 6.45) is -0.252. The van der Waals surface area contributed by atoms with Gasteiger partial charge in [-0.1, -0.05) is 13.8 Å². The summed E-state index contributed by atoms with van der Waals surface area (Å²) in [5.74, 6) is -2.33. The number of rotatable bonds is 5. The van der Waals surface area contributed by atoms with E-state index in [0.717, 1.165) is 4.90 Å². The number of nitrogens with one attached hydrogen (secondary N) is 1. The molecule has 0 aliphatic carbocycles. The van der Waals surface area contributed by atoms with Crippen LogP contribution in [-0.2, 0) is 14.4 Å². The molecule has 1 aliphatic heterocycles. The third-order valence-electron chi connectivity index (χ3n) is 3.27. The SMILES string of the molecule is CC(=O)N(C(=O)C1CC(O)CN1)C(CC(C)C)C(=O)O. The second kappa shape index (κ2) is 6.81. The Morgan fingerprint density at radius 2 is 1.95 bits per heavy atom. The minimum absolute atomic E-state index is 0.0351. The number of carbonyl (C=O) groups excluding carboxylic acids is 2. The smallest absolute Gasteiger partial charge is 0.326 e. The van der Waals surface area contributed by atoms with Gasteiger partial charge in [-0.25, -0.2) is 4.79 Å². The van der Waals surface area contributed by atoms with Crippen molar-refractivity contribution < 1.29 is 24.6 Å². The summed E-state index contributed by atoms with van der Waals surface area (Å²) in [4.78, 5) is 36.2. The van der Waals surface area contributed by atoms with Gasteiger partial charge in [0.25, 0.3) is 0 Å². The highest BCUT2D eigenvalue weighted by atomic mass is 16.4. The van der Waals surface area contributed by atoms with Crippen molar-refractivity contribution in [3.05, 3.63) is 0 Å². The molecule has 1 rings (SSSR count). The van der Waals surface area contributed by atoms with Crippen LogP contribution in [0, 0.1) is 5.92 Å². The first-order valence-electron chi connectivity index (χ1n) is 6.72. The Morgan fingerprint density at radius 3 is 2.30 bits per heavy atom. The number of hydrogen-bond donors (Lipinski definition) is 3. The molecule has 3 atom stereocenters. The summed E-state index contributed by atoms with van der Waals surface area (Å²) >= 11 is 0. The Hall–Kier alpha value is -1.47. The molecule has 0 saturated carbocycles. The number of aliphatic hydroxyl groups excluding tert-OH is 1. The second-order valence-electron chi connectivity index (χ2n) is 5.56. The van der Waals surface area contributed by atoms with Gasteiger partial charge in [-0.15, -0.1) is 0 Å². The first kappa shape index (κ1) is 16.6. The number of aliphatic carboxylic acids is 1. The van der Waals surface area contributed by atoms with Crippen molar-refractivity contribution in [3.8, 4) is 0 Å². The molecule has 1 fully saturated rings. The predicted molar refractivity (Wildman–Crippen MR) is 70.8 cm³/mol. The van der Waals surface area contributed by atoms with E-state index in [0.29, 0.717) is 0 Å². The molecule has 1 aliphatic rings. The van der Waals surface area contributed by atoms with Gasteiger partial charge in [0.15, 0.2) is 0 Å². The van der Waals surface area contributed by atoms with Gasteiger partial charge in [-0.3, -0.25) is 14.5 Å². The summed E-state index contributed by atoms with van der Waals surface area (Å²) < 4.78 is 0. The number of aliphatic hydroxyl groups is 1. The number of carboxylic acids is 1. The van der Waals surface area contributed by atoms with Crippen molar-refractivity contribution in [2.45, 2.75) is 51.8 Å². The van der Waals surface area contributed by atoms with Crippen LogP contribution in [0.5, 0.6) is 0 Å². The molecule has 3 N–H and O–H groups in total. The summed E-state index contributed by atoms with van der Waals surface area (Å²) in [6, 6.07) is -1.87. The van der Waals surface area contributed by atoms with Crippen molar-refractivity contribution in [2.24, 2.45) is 5.92 Å². The maximum absolute atomic E-state index is 12.3. The fraction of sp³-hybridized carbons (Fsp3) is 0.769. The molecule has 1 saturated heterocycles. The van der Waals surface area contributed by atoms with Gasteiger partial charge in [0, 0.05) is 13.5 Å². The van der Waals surface area contributed by atoms with E-state index in [1.807, 2.05) is 13.8 Å². The van der Waals surface area contributed by atoms with Gasteiger partial charge < -0.3 is 15.5 Å². The van der Waals surface area contributed by atoms with Crippen molar-refractivity contribution in [1.29, 1.82) is 0 Å². The molecule has 3 unspecified atom stereocenters. The molecule has 20 heavy (non-hydrogen) atoms. The lowest BCUT2D eigenvalue weighted by Crippen LogP contribution is -2.53. The second-order valence-corrected chi connectivity index (χ2v) is 5.56. The Kier molecular flexibility index (Phi) is 5.64. The molecular weight excluding hydrogens is 264 g/mol. The van der Waals surface area contributed by atoms with Gasteiger partial charge in [0.1, 0.15) is 6.04 Å². The van der Waals surface area contributed by atoms with Crippen molar-refractivity contribution in [3.63, 3.8) is 0 Å². The van der Waals surface area contributed by atoms with Gasteiger partial charge in [0.2, 0.25) is 11.8 Å². The maximum Gasteiger partial charge on any atom is 0.326 e. The number of imide groups is 1. The van der Waals surface area contributed by atoms with Crippen LogP contribution in [0.1, 0.15) is 33.6 Å². The molecule has 2 amide bonds. The molecule has 0 aromatic heterocycles. The maximum atomic E-state index is 12.3. The number of β-amino-alcohol motifs (C(OH)–C–C–N with tert-alkyl or cyclic N) is 1. The topological polar surface area (TPSA) is 107 Å². The number of hydrogen-bond acceptors (Lipinski definition) is 5. The van der Waals surface area contributed by atoms with Crippen LogP contribution in [0.2, 0.25) is 0 Å². The van der Waals surface area contributed by atoms with E-state index in [1.54, 1.807) is 0 Å². The molecule has 114 valence electrons. The lowest BCUT2D eigenvalue weighted by molar-refractivity contribution is -0.158. The molecule has 0 spiro atoms. The molecule has 1 heterocycles. The zero-order valence-electron chi connectivity index (χ0n) is 12.0. The van der Waals surface area contributed by atoms with E-state index in [4.69, 9.17) is 0 Å². The monoisotopic (exact) mass is 286 g/mol. The van der Waals surface area contributed by atoms with Gasteiger partial charge in [-0.2, -0.15) is 0 Å². The van der Waals surface area contributed by atoms with Crippen LogP contribution in [0.25, 0.3) is 0 Å². The summed E-state index contributed by atoms with van der Waals surface area (Å²) in [5, 5.41) is 21.5. The first-order valence-corrected chi connectivity index (χ1v) is 6.72. The van der Waals surface area contributed by atoms with Crippen LogP contribution >= 0.6 is 0 Å². The summed E-state index contributed by atoms with van der Waals surface area (Å²) in [7, 11) is 0. The van der Waals surface area contributed by atoms with E-state index >= 15 is 0 Å². The molecule has 7 heteroatoms. The van der Waals surface area contributed by atoms with E-state index < -0.39 is 36.0 Å². The standard InChI is InChI=1S/C13H22N2O5/c1-7(2)4-11(13(19)20)15(8(3)16)12(18)10-5-9(17)6-14-10/h7,9-11,14,17H,4-6H2,1-3H3,(H,19,20). The molecule has 7 nitrogen and oxygen atoms in total. The third-order valence-corrected chi connectivity index (χ3v) is 3.27. The number of nitrogens with zero attached hydrogens (tertiary/aromatic N) is 1. The highest BCUT2D eigenvalue weighted by Crippen LogP contribution is 2.17. The van der Waals surface area contributed by atoms with Crippen molar-refractivity contribution in [1.82, 2.24) is 10.2 Å². The van der Waals surface area contributed by atoms with Crippen LogP contribution in [0.15, 0.2) is 0 Å². The lowest BCUT2D eigenvalue weighted by Gasteiger charge is -2.29. The van der Waals surface area contributed by atoms with Gasteiger partial charge in [-0.05, 0) is 18.8 Å². The molecule has 0 bridgehead atoms. The normalized spacial score (nSPS) is 23.6. The van der Waals surface area contributed by atoms with Gasteiger partial charge in [0.05, 0.1) is 12.1 Å². The minimum Gasteiger partial charge on any atom is -0.480 e. The van der Waals surface area contributed by atoms with Crippen LogP contribution in [0.4, 0.5) is 0 Å². The zero-order valence-corrected chi connectivity index (χ0v) is 12.0. The highest BCUT2D eigenvalue weighted by molar-refractivity contribution is 6.00. The molecular formula is C13H22N2O5. The van der Waals surface area contributed by atoms with Crippen LogP contribution < -0.4 is 5.32 Å². The summed E-state index contributed by atoms with van der Waals surface area (Å²) in [6.45, 7) is 5.11. The average molecular weight is 286 g/mol. The van der Waals surface area contributed by atoms with Gasteiger partial charge >= 0.3 is 5.97 Å². The van der Waals surface area contributed by atoms with Crippen LogP contribution in [-0.4, -0.2) is 57.6 Å². The minimum atomic E-state index is -1.19. The highest BCUT2D eigenvalue weighted by Gasteiger charge is 2.39. The quantitative estimate of drug-likeness (QED) is 0.634.